The number of carbonyl (C=O) groups is 1. The zero-order valence-corrected chi connectivity index (χ0v) is 11.7. The molecule has 1 saturated heterocycles. The maximum absolute atomic E-state index is 11.1. The van der Waals surface area contributed by atoms with Gasteiger partial charge in [0, 0.05) is 26.1 Å². The van der Waals surface area contributed by atoms with E-state index in [9.17, 15) is 4.79 Å². The molecule has 0 atom stereocenters. The first-order valence-electron chi connectivity index (χ1n) is 6.84. The summed E-state index contributed by atoms with van der Waals surface area (Å²) in [7, 11) is 0. The second-order valence-electron chi connectivity index (χ2n) is 5.17. The highest BCUT2D eigenvalue weighted by Crippen LogP contribution is 2.18. The van der Waals surface area contributed by atoms with Crippen LogP contribution in [0, 0.1) is 6.92 Å². The largest absolute Gasteiger partial charge is 0.355 e. The molecule has 1 aliphatic rings. The van der Waals surface area contributed by atoms with Crippen LogP contribution in [-0.2, 0) is 4.79 Å². The summed E-state index contributed by atoms with van der Waals surface area (Å²) in [5.74, 6) is 1.76. The molecule has 7 heteroatoms. The predicted molar refractivity (Wildman–Crippen MR) is 74.6 cm³/mol. The number of aryl methyl sites for hydroxylation is 1. The highest BCUT2D eigenvalue weighted by molar-refractivity contribution is 5.73. The number of carbonyl (C=O) groups excluding carboxylic acids is 1. The third-order valence-corrected chi connectivity index (χ3v) is 3.63. The van der Waals surface area contributed by atoms with E-state index in [0.717, 1.165) is 43.2 Å². The molecule has 1 amide bonds. The lowest BCUT2D eigenvalue weighted by molar-refractivity contribution is -0.119. The Hall–Kier alpha value is -2.18. The van der Waals surface area contributed by atoms with Gasteiger partial charge in [0.15, 0.2) is 11.5 Å². The SMILES string of the molecule is CC(=O)NC1CCN(c2ccc3nnc(C)n3n2)CC1. The van der Waals surface area contributed by atoms with Crippen LogP contribution < -0.4 is 10.2 Å². The Kier molecular flexibility index (Phi) is 3.25. The molecule has 1 aliphatic heterocycles. The van der Waals surface area contributed by atoms with Gasteiger partial charge in [0.1, 0.15) is 5.82 Å². The van der Waals surface area contributed by atoms with Crippen molar-refractivity contribution in [1.29, 1.82) is 0 Å². The quantitative estimate of drug-likeness (QED) is 0.865. The van der Waals surface area contributed by atoms with Gasteiger partial charge in [-0.1, -0.05) is 0 Å². The normalized spacial score (nSPS) is 16.6. The maximum atomic E-state index is 11.1. The van der Waals surface area contributed by atoms with Crippen LogP contribution in [0.15, 0.2) is 12.1 Å². The zero-order chi connectivity index (χ0) is 14.1. The number of hydrogen-bond acceptors (Lipinski definition) is 5. The third kappa shape index (κ3) is 2.43. The van der Waals surface area contributed by atoms with Crippen LogP contribution in [0.25, 0.3) is 5.65 Å². The summed E-state index contributed by atoms with van der Waals surface area (Å²) in [4.78, 5) is 13.3. The van der Waals surface area contributed by atoms with E-state index >= 15 is 0 Å². The van der Waals surface area contributed by atoms with E-state index in [2.05, 4.69) is 25.5 Å². The standard InChI is InChI=1S/C13H18N6O/c1-9-15-16-12-3-4-13(17-19(9)12)18-7-5-11(6-8-18)14-10(2)20/h3-4,11H,5-8H2,1-2H3,(H,14,20). The summed E-state index contributed by atoms with van der Waals surface area (Å²) in [6.45, 7) is 5.24. The molecule has 3 heterocycles. The molecule has 0 unspecified atom stereocenters. The Bertz CT molecular complexity index is 629. The Morgan fingerprint density at radius 2 is 2.05 bits per heavy atom. The summed E-state index contributed by atoms with van der Waals surface area (Å²) in [6, 6.07) is 4.19. The van der Waals surface area contributed by atoms with Gasteiger partial charge in [-0.05, 0) is 31.9 Å². The number of aromatic nitrogens is 4. The highest BCUT2D eigenvalue weighted by Gasteiger charge is 2.21. The van der Waals surface area contributed by atoms with E-state index in [4.69, 9.17) is 0 Å². The summed E-state index contributed by atoms with van der Waals surface area (Å²) < 4.78 is 1.76. The molecule has 2 aromatic rings. The number of piperidine rings is 1. The van der Waals surface area contributed by atoms with Crippen molar-refractivity contribution in [2.75, 3.05) is 18.0 Å². The van der Waals surface area contributed by atoms with Crippen LogP contribution in [0.2, 0.25) is 0 Å². The first-order valence-corrected chi connectivity index (χ1v) is 6.84. The topological polar surface area (TPSA) is 75.4 Å². The molecule has 1 N–H and O–H groups in total. The lowest BCUT2D eigenvalue weighted by Crippen LogP contribution is -2.44. The van der Waals surface area contributed by atoms with Crippen LogP contribution in [0.4, 0.5) is 5.82 Å². The fourth-order valence-electron chi connectivity index (χ4n) is 2.60. The Morgan fingerprint density at radius 1 is 1.30 bits per heavy atom. The van der Waals surface area contributed by atoms with Crippen molar-refractivity contribution in [2.24, 2.45) is 0 Å². The lowest BCUT2D eigenvalue weighted by Gasteiger charge is -2.32. The van der Waals surface area contributed by atoms with E-state index in [0.29, 0.717) is 0 Å². The maximum Gasteiger partial charge on any atom is 0.217 e. The van der Waals surface area contributed by atoms with E-state index in [1.165, 1.54) is 0 Å². The molecule has 20 heavy (non-hydrogen) atoms. The van der Waals surface area contributed by atoms with Gasteiger partial charge in [0.05, 0.1) is 0 Å². The monoisotopic (exact) mass is 274 g/mol. The molecule has 0 saturated carbocycles. The first-order chi connectivity index (χ1) is 9.63. The van der Waals surface area contributed by atoms with Crippen LogP contribution in [0.3, 0.4) is 0 Å². The van der Waals surface area contributed by atoms with Crippen molar-refractivity contribution < 1.29 is 4.79 Å². The summed E-state index contributed by atoms with van der Waals surface area (Å²) in [5, 5.41) is 15.6. The summed E-state index contributed by atoms with van der Waals surface area (Å²) in [5.41, 5.74) is 0.763. The summed E-state index contributed by atoms with van der Waals surface area (Å²) in [6.07, 6.45) is 1.89. The number of amides is 1. The van der Waals surface area contributed by atoms with Crippen molar-refractivity contribution >= 4 is 17.4 Å². The van der Waals surface area contributed by atoms with Crippen LogP contribution in [0.1, 0.15) is 25.6 Å². The number of fused-ring (bicyclic) bond motifs is 1. The van der Waals surface area contributed by atoms with Crippen molar-refractivity contribution in [3.8, 4) is 0 Å². The third-order valence-electron chi connectivity index (χ3n) is 3.63. The van der Waals surface area contributed by atoms with Crippen molar-refractivity contribution in [2.45, 2.75) is 32.7 Å². The van der Waals surface area contributed by atoms with Crippen LogP contribution >= 0.6 is 0 Å². The molecular weight excluding hydrogens is 256 g/mol. The van der Waals surface area contributed by atoms with Crippen molar-refractivity contribution in [3.05, 3.63) is 18.0 Å². The van der Waals surface area contributed by atoms with Gasteiger partial charge in [-0.2, -0.15) is 4.52 Å². The number of rotatable bonds is 2. The number of hydrogen-bond donors (Lipinski definition) is 1. The molecule has 0 radical (unpaired) electrons. The van der Waals surface area contributed by atoms with Gasteiger partial charge in [0.25, 0.3) is 0 Å². The Morgan fingerprint density at radius 3 is 2.75 bits per heavy atom. The number of anilines is 1. The molecule has 0 bridgehead atoms. The zero-order valence-electron chi connectivity index (χ0n) is 11.7. The fraction of sp³-hybridized carbons (Fsp3) is 0.538. The van der Waals surface area contributed by atoms with Gasteiger partial charge in [-0.25, -0.2) is 0 Å². The van der Waals surface area contributed by atoms with Crippen LogP contribution in [-0.4, -0.2) is 44.8 Å². The molecule has 7 nitrogen and oxygen atoms in total. The van der Waals surface area contributed by atoms with E-state index < -0.39 is 0 Å². The Labute approximate surface area is 117 Å². The average Bonchev–Trinajstić information content (AvgIpc) is 2.80. The molecule has 0 aliphatic carbocycles. The predicted octanol–water partition coefficient (Wildman–Crippen LogP) is 0.538. The van der Waals surface area contributed by atoms with Crippen LogP contribution in [0.5, 0.6) is 0 Å². The molecule has 0 aromatic carbocycles. The van der Waals surface area contributed by atoms with Gasteiger partial charge in [0.2, 0.25) is 5.91 Å². The minimum absolute atomic E-state index is 0.0445. The second-order valence-corrected chi connectivity index (χ2v) is 5.17. The molecular formula is C13H18N6O. The Balaban J connectivity index is 1.73. The number of nitrogens with zero attached hydrogens (tertiary/aromatic N) is 5. The smallest absolute Gasteiger partial charge is 0.217 e. The molecule has 0 spiro atoms. The molecule has 1 fully saturated rings. The van der Waals surface area contributed by atoms with Crippen molar-refractivity contribution in [1.82, 2.24) is 25.1 Å². The van der Waals surface area contributed by atoms with Gasteiger partial charge in [-0.15, -0.1) is 15.3 Å². The van der Waals surface area contributed by atoms with E-state index in [1.54, 1.807) is 11.4 Å². The molecule has 2 aromatic heterocycles. The highest BCUT2D eigenvalue weighted by atomic mass is 16.1. The van der Waals surface area contributed by atoms with Gasteiger partial charge < -0.3 is 10.2 Å². The minimum Gasteiger partial charge on any atom is -0.355 e. The van der Waals surface area contributed by atoms with Crippen molar-refractivity contribution in [3.63, 3.8) is 0 Å². The number of nitrogens with one attached hydrogen (secondary N) is 1. The lowest BCUT2D eigenvalue weighted by atomic mass is 10.1. The van der Waals surface area contributed by atoms with E-state index in [1.807, 2.05) is 19.1 Å². The summed E-state index contributed by atoms with van der Waals surface area (Å²) >= 11 is 0. The molecule has 3 rings (SSSR count). The minimum atomic E-state index is 0.0445. The van der Waals surface area contributed by atoms with E-state index in [-0.39, 0.29) is 11.9 Å². The second kappa shape index (κ2) is 5.07. The van der Waals surface area contributed by atoms with Gasteiger partial charge in [-0.3, -0.25) is 4.79 Å². The fourth-order valence-corrected chi connectivity index (χ4v) is 2.60. The molecule has 106 valence electrons. The van der Waals surface area contributed by atoms with Gasteiger partial charge >= 0.3 is 0 Å². The average molecular weight is 274 g/mol. The first kappa shape index (κ1) is 12.8.